The summed E-state index contributed by atoms with van der Waals surface area (Å²) >= 11 is 0. The van der Waals surface area contributed by atoms with Gasteiger partial charge in [0, 0.05) is 51.0 Å². The highest BCUT2D eigenvalue weighted by Crippen LogP contribution is 2.40. The maximum Gasteiger partial charge on any atom is 0.224 e. The molecule has 0 saturated carbocycles. The minimum Gasteiger partial charge on any atom is -0.493 e. The van der Waals surface area contributed by atoms with Gasteiger partial charge in [-0.05, 0) is 88.5 Å². The lowest BCUT2D eigenvalue weighted by molar-refractivity contribution is -0.253. The molecule has 5 aromatic carbocycles. The summed E-state index contributed by atoms with van der Waals surface area (Å²) in [7, 11) is 3.34. The predicted molar refractivity (Wildman–Crippen MR) is 233 cm³/mol. The number of unbranched alkanes of at least 4 members (excludes halogenated alkanes) is 2. The molecule has 0 spiro atoms. The molecule has 11 nitrogen and oxygen atoms in total. The molecule has 11 heteroatoms. The Labute approximate surface area is 352 Å². The molecule has 2 aliphatic heterocycles. The third-order valence-corrected chi connectivity index (χ3v) is 11.3. The number of fused-ring (bicyclic) bond motifs is 1. The number of benzene rings is 5. The summed E-state index contributed by atoms with van der Waals surface area (Å²) < 4.78 is 24.5. The molecule has 0 bridgehead atoms. The molecular weight excluding hydrogens is 757 g/mol. The van der Waals surface area contributed by atoms with Crippen molar-refractivity contribution in [3.63, 3.8) is 0 Å². The quantitative estimate of drug-likeness (QED) is 0.0539. The standard InChI is InChI=1S/C49H56N4O7/c1-57-45-26-39-23-24-53(30-40(39)27-46(45)58-2)31-41-28-44(36-17-15-33(32-54)16-18-36)60-49(59-41)37-21-19-35(20-22-37)38-10-8-9-34(25-38)29-51-47(55)13-4-3-5-14-48(56)52-43-12-7-6-11-42(43)50/h6-12,15-22,25-27,41,44,49,54H,3-5,13-14,23-24,28-32,50H2,1-2H3,(H,51,55)(H,52,56)/t41-,44+,49+/m0/s1. The summed E-state index contributed by atoms with van der Waals surface area (Å²) in [6.45, 7) is 2.89. The van der Waals surface area contributed by atoms with E-state index in [9.17, 15) is 14.7 Å². The number of nitrogens with zero attached hydrogens (tertiary/aromatic N) is 1. The summed E-state index contributed by atoms with van der Waals surface area (Å²) in [6, 6.07) is 35.9. The van der Waals surface area contributed by atoms with Crippen LogP contribution in [0.3, 0.4) is 0 Å². The number of nitrogens with one attached hydrogen (secondary N) is 2. The number of anilines is 2. The molecule has 1 saturated heterocycles. The molecule has 0 radical (unpaired) electrons. The van der Waals surface area contributed by atoms with Crippen LogP contribution in [-0.2, 0) is 45.2 Å². The maximum atomic E-state index is 12.7. The Balaban J connectivity index is 0.934. The maximum absolute atomic E-state index is 12.7. The zero-order chi connectivity index (χ0) is 41.8. The number of carbonyl (C=O) groups excluding carboxylic acids is 2. The van der Waals surface area contributed by atoms with Crippen LogP contribution in [0.5, 0.6) is 11.5 Å². The second-order valence-corrected chi connectivity index (χ2v) is 15.6. The van der Waals surface area contributed by atoms with E-state index in [1.165, 1.54) is 11.1 Å². The zero-order valence-corrected chi connectivity index (χ0v) is 34.5. The van der Waals surface area contributed by atoms with Gasteiger partial charge in [0.1, 0.15) is 0 Å². The SMILES string of the molecule is COc1cc2c(cc1OC)CN(C[C@@H]1C[C@H](c3ccc(CO)cc3)O[C@H](c3ccc(-c4cccc(CNC(=O)CCCCCC(=O)Nc5ccccc5N)c4)cc3)O1)CC2. The normalized spacial score (nSPS) is 17.7. The molecule has 5 aromatic rings. The van der Waals surface area contributed by atoms with Crippen molar-refractivity contribution in [1.82, 2.24) is 10.2 Å². The lowest BCUT2D eigenvalue weighted by Gasteiger charge is -2.39. The van der Waals surface area contributed by atoms with Crippen LogP contribution in [0.15, 0.2) is 109 Å². The van der Waals surface area contributed by atoms with Crippen LogP contribution in [0, 0.1) is 0 Å². The number of para-hydroxylation sites is 2. The van der Waals surface area contributed by atoms with Crippen LogP contribution < -0.4 is 25.8 Å². The summed E-state index contributed by atoms with van der Waals surface area (Å²) in [5, 5.41) is 15.5. The third-order valence-electron chi connectivity index (χ3n) is 11.3. The number of nitrogens with two attached hydrogens (primary N) is 1. The molecule has 2 aliphatic rings. The van der Waals surface area contributed by atoms with Gasteiger partial charge in [0.2, 0.25) is 11.8 Å². The summed E-state index contributed by atoms with van der Waals surface area (Å²) in [5.74, 6) is 1.41. The number of aliphatic hydroxyl groups is 1. The minimum atomic E-state index is -0.561. The number of methoxy groups -OCH3 is 2. The average Bonchev–Trinajstić information content (AvgIpc) is 3.28. The smallest absolute Gasteiger partial charge is 0.224 e. The second kappa shape index (κ2) is 20.5. The first-order valence-corrected chi connectivity index (χ1v) is 20.9. The monoisotopic (exact) mass is 812 g/mol. The number of hydrogen-bond acceptors (Lipinski definition) is 9. The highest BCUT2D eigenvalue weighted by Gasteiger charge is 2.34. The highest BCUT2D eigenvalue weighted by molar-refractivity contribution is 5.93. The molecular formula is C49H56N4O7. The Bertz CT molecular complexity index is 2210. The van der Waals surface area contributed by atoms with Crippen molar-refractivity contribution in [2.75, 3.05) is 38.4 Å². The second-order valence-electron chi connectivity index (χ2n) is 15.6. The van der Waals surface area contributed by atoms with E-state index in [2.05, 4.69) is 64.1 Å². The average molecular weight is 813 g/mol. The zero-order valence-electron chi connectivity index (χ0n) is 34.5. The van der Waals surface area contributed by atoms with Crippen molar-refractivity contribution < 1.29 is 33.6 Å². The molecule has 60 heavy (non-hydrogen) atoms. The number of hydrogen-bond donors (Lipinski definition) is 4. The number of ether oxygens (including phenoxy) is 4. The van der Waals surface area contributed by atoms with E-state index in [0.29, 0.717) is 50.0 Å². The molecule has 0 aromatic heterocycles. The number of aliphatic hydroxyl groups excluding tert-OH is 1. The Kier molecular flexibility index (Phi) is 14.5. The van der Waals surface area contributed by atoms with Gasteiger partial charge in [-0.1, -0.05) is 85.3 Å². The fourth-order valence-corrected chi connectivity index (χ4v) is 7.97. The fourth-order valence-electron chi connectivity index (χ4n) is 7.97. The van der Waals surface area contributed by atoms with Crippen molar-refractivity contribution in [2.45, 2.75) is 83.1 Å². The minimum absolute atomic E-state index is 0.00585. The van der Waals surface area contributed by atoms with Crippen LogP contribution in [0.25, 0.3) is 11.1 Å². The van der Waals surface area contributed by atoms with E-state index in [-0.39, 0.29) is 30.6 Å². The van der Waals surface area contributed by atoms with Gasteiger partial charge in [0.05, 0.1) is 44.4 Å². The summed E-state index contributed by atoms with van der Waals surface area (Å²) in [6.07, 6.45) is 3.79. The van der Waals surface area contributed by atoms with Crippen molar-refractivity contribution in [1.29, 1.82) is 0 Å². The van der Waals surface area contributed by atoms with Gasteiger partial charge in [-0.3, -0.25) is 14.5 Å². The predicted octanol–water partition coefficient (Wildman–Crippen LogP) is 8.25. The molecule has 2 amide bonds. The Morgan fingerprint density at radius 3 is 2.22 bits per heavy atom. The molecule has 3 atom stereocenters. The van der Waals surface area contributed by atoms with E-state index < -0.39 is 6.29 Å². The first-order chi connectivity index (χ1) is 29.3. The fraction of sp³-hybridized carbons (Fsp3) is 0.347. The van der Waals surface area contributed by atoms with Crippen LogP contribution in [0.2, 0.25) is 0 Å². The Hall–Kier alpha value is -5.72. The van der Waals surface area contributed by atoms with Crippen LogP contribution in [0.4, 0.5) is 11.4 Å². The Morgan fingerprint density at radius 1 is 0.767 bits per heavy atom. The van der Waals surface area contributed by atoms with Gasteiger partial charge in [-0.2, -0.15) is 0 Å². The molecule has 5 N–H and O–H groups in total. The highest BCUT2D eigenvalue weighted by atomic mass is 16.7. The van der Waals surface area contributed by atoms with E-state index >= 15 is 0 Å². The first kappa shape index (κ1) is 42.4. The molecule has 7 rings (SSSR count). The molecule has 0 unspecified atom stereocenters. The van der Waals surface area contributed by atoms with E-state index in [0.717, 1.165) is 77.4 Å². The van der Waals surface area contributed by atoms with Crippen LogP contribution in [-0.4, -0.2) is 55.2 Å². The summed E-state index contributed by atoms with van der Waals surface area (Å²) in [5.41, 5.74) is 15.6. The molecule has 0 aliphatic carbocycles. The van der Waals surface area contributed by atoms with E-state index in [1.807, 2.05) is 48.5 Å². The van der Waals surface area contributed by atoms with Gasteiger partial charge < -0.3 is 40.4 Å². The number of carbonyl (C=O) groups is 2. The third kappa shape index (κ3) is 11.1. The van der Waals surface area contributed by atoms with E-state index in [1.54, 1.807) is 26.4 Å². The van der Waals surface area contributed by atoms with Crippen molar-refractivity contribution in [3.05, 3.63) is 143 Å². The van der Waals surface area contributed by atoms with Crippen molar-refractivity contribution in [3.8, 4) is 22.6 Å². The van der Waals surface area contributed by atoms with Crippen LogP contribution >= 0.6 is 0 Å². The van der Waals surface area contributed by atoms with Crippen LogP contribution in [0.1, 0.15) is 84.3 Å². The number of nitrogen functional groups attached to an aromatic ring is 1. The Morgan fingerprint density at radius 2 is 1.48 bits per heavy atom. The van der Waals surface area contributed by atoms with Gasteiger partial charge in [-0.25, -0.2) is 0 Å². The molecule has 314 valence electrons. The summed E-state index contributed by atoms with van der Waals surface area (Å²) in [4.78, 5) is 27.4. The topological polar surface area (TPSA) is 145 Å². The number of rotatable bonds is 17. The van der Waals surface area contributed by atoms with Crippen molar-refractivity contribution in [2.24, 2.45) is 0 Å². The van der Waals surface area contributed by atoms with Gasteiger partial charge in [0.25, 0.3) is 0 Å². The van der Waals surface area contributed by atoms with E-state index in [4.69, 9.17) is 24.7 Å². The molecule has 1 fully saturated rings. The van der Waals surface area contributed by atoms with Gasteiger partial charge in [-0.15, -0.1) is 0 Å². The first-order valence-electron chi connectivity index (χ1n) is 20.9. The largest absolute Gasteiger partial charge is 0.493 e. The molecule has 2 heterocycles. The van der Waals surface area contributed by atoms with Crippen molar-refractivity contribution >= 4 is 23.2 Å². The van der Waals surface area contributed by atoms with Gasteiger partial charge in [0.15, 0.2) is 17.8 Å². The lowest BCUT2D eigenvalue weighted by atomic mass is 9.96. The van der Waals surface area contributed by atoms with Gasteiger partial charge >= 0.3 is 0 Å². The number of amides is 2. The lowest BCUT2D eigenvalue weighted by Crippen LogP contribution is -2.41.